The van der Waals surface area contributed by atoms with Crippen LogP contribution in [0.15, 0.2) is 0 Å². The van der Waals surface area contributed by atoms with Crippen LogP contribution in [0.3, 0.4) is 0 Å². The molecule has 4 heteroatoms. The smallest absolute Gasteiger partial charge is 0.665 e. The predicted molar refractivity (Wildman–Crippen MR) is 49.1 cm³/mol. The molecule has 0 aromatic rings. The van der Waals surface area contributed by atoms with Crippen LogP contribution in [0.5, 0.6) is 0 Å². The maximum atomic E-state index is 10.9. The Morgan fingerprint density at radius 3 is 1.92 bits per heavy atom. The maximum Gasteiger partial charge on any atom is 1.00 e. The molecule has 1 fully saturated rings. The first-order valence-corrected chi connectivity index (χ1v) is 4.49. The Bertz CT molecular complexity index is 145. The topological polar surface area (TPSA) is 50.1 Å². The first-order chi connectivity index (χ1) is 5.65. The van der Waals surface area contributed by atoms with E-state index in [2.05, 4.69) is 0 Å². The van der Waals surface area contributed by atoms with Crippen LogP contribution in [0.1, 0.15) is 33.6 Å². The summed E-state index contributed by atoms with van der Waals surface area (Å²) >= 11 is 0. The minimum Gasteiger partial charge on any atom is -0.665 e. The molecular weight excluding hydrogens is 240 g/mol. The van der Waals surface area contributed by atoms with E-state index in [-0.39, 0.29) is 64.0 Å². The van der Waals surface area contributed by atoms with Gasteiger partial charge in [0.25, 0.3) is 0 Å². The molecule has 0 spiro atoms. The number of carbonyl (C=O) groups is 1. The zero-order chi connectivity index (χ0) is 9.61. The average molecular weight is 258 g/mol. The van der Waals surface area contributed by atoms with E-state index < -0.39 is 5.54 Å². The van der Waals surface area contributed by atoms with Gasteiger partial charge < -0.3 is 15.3 Å². The van der Waals surface area contributed by atoms with Gasteiger partial charge in [-0.25, -0.2) is 0 Å². The third-order valence-electron chi connectivity index (χ3n) is 2.02. The molecule has 0 radical (unpaired) electrons. The van der Waals surface area contributed by atoms with E-state index in [4.69, 9.17) is 10.5 Å². The van der Waals surface area contributed by atoms with E-state index >= 15 is 0 Å². The van der Waals surface area contributed by atoms with Gasteiger partial charge in [-0.15, -0.1) is 0 Å². The second kappa shape index (κ2) is 8.68. The SMILES string of the molecule is CC.CC(=O)C1([NH-])CCOCC1.[Rb+]. The van der Waals surface area contributed by atoms with Gasteiger partial charge in [0.05, 0.1) is 0 Å². The summed E-state index contributed by atoms with van der Waals surface area (Å²) in [5, 5.41) is 0. The van der Waals surface area contributed by atoms with E-state index in [0.29, 0.717) is 26.1 Å². The molecule has 0 aliphatic carbocycles. The molecule has 1 saturated heterocycles. The molecular formula is C9H18NO2Rb. The number of ketones is 1. The molecule has 0 unspecified atom stereocenters. The minimum absolute atomic E-state index is 0. The summed E-state index contributed by atoms with van der Waals surface area (Å²) in [6.07, 6.45) is 1.12. The Labute approximate surface area is 130 Å². The molecule has 0 aromatic carbocycles. The molecule has 1 aliphatic rings. The molecule has 0 saturated carbocycles. The van der Waals surface area contributed by atoms with Crippen LogP contribution in [0.2, 0.25) is 0 Å². The van der Waals surface area contributed by atoms with Crippen molar-refractivity contribution in [3.8, 4) is 0 Å². The summed E-state index contributed by atoms with van der Waals surface area (Å²) < 4.78 is 5.04. The first kappa shape index (κ1) is 16.8. The summed E-state index contributed by atoms with van der Waals surface area (Å²) in [6, 6.07) is 0. The van der Waals surface area contributed by atoms with Gasteiger partial charge in [0.1, 0.15) is 5.78 Å². The molecule has 0 atom stereocenters. The van der Waals surface area contributed by atoms with E-state index in [1.807, 2.05) is 13.8 Å². The fraction of sp³-hybridized carbons (Fsp3) is 0.889. The Morgan fingerprint density at radius 2 is 1.69 bits per heavy atom. The summed E-state index contributed by atoms with van der Waals surface area (Å²) in [4.78, 5) is 10.9. The van der Waals surface area contributed by atoms with Crippen LogP contribution >= 0.6 is 0 Å². The Morgan fingerprint density at radius 1 is 1.31 bits per heavy atom. The number of hydrogen-bond donors (Lipinski definition) is 0. The molecule has 3 nitrogen and oxygen atoms in total. The van der Waals surface area contributed by atoms with E-state index in [1.54, 1.807) is 0 Å². The van der Waals surface area contributed by atoms with Crippen molar-refractivity contribution < 1.29 is 67.7 Å². The van der Waals surface area contributed by atoms with E-state index in [9.17, 15) is 4.79 Å². The van der Waals surface area contributed by atoms with Crippen LogP contribution in [-0.2, 0) is 9.53 Å². The van der Waals surface area contributed by atoms with Crippen molar-refractivity contribution in [2.75, 3.05) is 13.2 Å². The number of carbonyl (C=O) groups excluding carboxylic acids is 1. The van der Waals surface area contributed by atoms with E-state index in [1.165, 1.54) is 6.92 Å². The third kappa shape index (κ3) is 5.75. The van der Waals surface area contributed by atoms with Gasteiger partial charge >= 0.3 is 58.2 Å². The van der Waals surface area contributed by atoms with Crippen LogP contribution in [-0.4, -0.2) is 24.5 Å². The van der Waals surface area contributed by atoms with Crippen LogP contribution in [0, 0.1) is 0 Å². The molecule has 1 heterocycles. The van der Waals surface area contributed by atoms with Gasteiger partial charge in [0.2, 0.25) is 0 Å². The molecule has 1 rings (SSSR count). The largest absolute Gasteiger partial charge is 1.00 e. The van der Waals surface area contributed by atoms with Crippen molar-refractivity contribution in [1.29, 1.82) is 0 Å². The number of Topliss-reactive ketones (excluding diaryl/α,β-unsaturated/α-hetero) is 1. The fourth-order valence-electron chi connectivity index (χ4n) is 1.07. The van der Waals surface area contributed by atoms with Crippen molar-refractivity contribution in [3.63, 3.8) is 0 Å². The normalized spacial score (nSPS) is 19.1. The molecule has 1 aliphatic heterocycles. The Kier molecular flexibility index (Phi) is 11.2. The molecule has 1 N–H and O–H groups in total. The first-order valence-electron chi connectivity index (χ1n) is 4.49. The van der Waals surface area contributed by atoms with Crippen molar-refractivity contribution in [2.24, 2.45) is 0 Å². The molecule has 0 amide bonds. The number of rotatable bonds is 1. The van der Waals surface area contributed by atoms with Gasteiger partial charge in [-0.05, 0) is 19.8 Å². The predicted octanol–water partition coefficient (Wildman–Crippen LogP) is -0.793. The molecule has 13 heavy (non-hydrogen) atoms. The third-order valence-corrected chi connectivity index (χ3v) is 2.02. The van der Waals surface area contributed by atoms with Crippen molar-refractivity contribution >= 4 is 5.78 Å². The second-order valence-corrected chi connectivity index (χ2v) is 2.75. The summed E-state index contributed by atoms with van der Waals surface area (Å²) in [5.41, 5.74) is 6.81. The number of ether oxygens (including phenoxy) is 1. The van der Waals surface area contributed by atoms with Crippen LogP contribution in [0.25, 0.3) is 5.73 Å². The van der Waals surface area contributed by atoms with Crippen LogP contribution in [0.4, 0.5) is 0 Å². The van der Waals surface area contributed by atoms with Gasteiger partial charge in [-0.3, -0.25) is 0 Å². The van der Waals surface area contributed by atoms with Gasteiger partial charge in [-0.1, -0.05) is 19.4 Å². The Balaban J connectivity index is 0. The van der Waals surface area contributed by atoms with Gasteiger partial charge in [0, 0.05) is 13.2 Å². The number of nitrogens with one attached hydrogen (secondary N) is 1. The Hall–Kier alpha value is 1.40. The summed E-state index contributed by atoms with van der Waals surface area (Å²) in [5.74, 6) is -0.0317. The second-order valence-electron chi connectivity index (χ2n) is 2.75. The maximum absolute atomic E-state index is 10.9. The summed E-state index contributed by atoms with van der Waals surface area (Å²) in [6.45, 7) is 6.60. The standard InChI is InChI=1S/C7H12NO2.C2H6.Rb/c1-6(9)7(8)2-4-10-5-3-7;1-2;/h8H,2-5H2,1H3;1-2H3;/q-1;;+1. The van der Waals surface area contributed by atoms with Crippen molar-refractivity contribution in [1.82, 2.24) is 0 Å². The summed E-state index contributed by atoms with van der Waals surface area (Å²) in [7, 11) is 0. The number of hydrogen-bond acceptors (Lipinski definition) is 2. The van der Waals surface area contributed by atoms with Gasteiger partial charge in [-0.2, -0.15) is 0 Å². The zero-order valence-electron chi connectivity index (χ0n) is 9.14. The van der Waals surface area contributed by atoms with Crippen molar-refractivity contribution in [2.45, 2.75) is 39.2 Å². The minimum atomic E-state index is -0.835. The van der Waals surface area contributed by atoms with Crippen molar-refractivity contribution in [3.05, 3.63) is 5.73 Å². The fourth-order valence-corrected chi connectivity index (χ4v) is 1.07. The molecule has 0 aromatic heterocycles. The monoisotopic (exact) mass is 257 g/mol. The quantitative estimate of drug-likeness (QED) is 0.618. The van der Waals surface area contributed by atoms with Gasteiger partial charge in [0.15, 0.2) is 0 Å². The average Bonchev–Trinajstić information content (AvgIpc) is 2.09. The van der Waals surface area contributed by atoms with Crippen LogP contribution < -0.4 is 58.2 Å². The zero-order valence-corrected chi connectivity index (χ0v) is 14.1. The van der Waals surface area contributed by atoms with E-state index in [0.717, 1.165) is 0 Å². The molecule has 0 bridgehead atoms. The molecule has 72 valence electrons.